The molecule has 1 saturated carbocycles. The monoisotopic (exact) mass is 322 g/mol. The maximum atomic E-state index is 11.9. The van der Waals surface area contributed by atoms with E-state index < -0.39 is 5.60 Å². The number of nitrogens with one attached hydrogen (secondary N) is 2. The van der Waals surface area contributed by atoms with Gasteiger partial charge in [-0.2, -0.15) is 5.10 Å². The van der Waals surface area contributed by atoms with Gasteiger partial charge in [0.25, 0.3) is 0 Å². The third kappa shape index (κ3) is 5.53. The van der Waals surface area contributed by atoms with Gasteiger partial charge in [-0.15, -0.1) is 0 Å². The zero-order valence-corrected chi connectivity index (χ0v) is 15.0. The third-order valence-electron chi connectivity index (χ3n) is 4.31. The zero-order valence-electron chi connectivity index (χ0n) is 15.0. The summed E-state index contributed by atoms with van der Waals surface area (Å²) in [5.74, 6) is 0. The van der Waals surface area contributed by atoms with E-state index >= 15 is 0 Å². The summed E-state index contributed by atoms with van der Waals surface area (Å²) in [6.45, 7) is 8.55. The number of aryl methyl sites for hydroxylation is 1. The summed E-state index contributed by atoms with van der Waals surface area (Å²) in [7, 11) is 1.96. The zero-order chi connectivity index (χ0) is 17.0. The minimum absolute atomic E-state index is 0.186. The van der Waals surface area contributed by atoms with Gasteiger partial charge >= 0.3 is 6.09 Å². The number of carbonyl (C=O) groups is 1. The predicted molar refractivity (Wildman–Crippen MR) is 90.2 cm³/mol. The molecule has 2 N–H and O–H groups in total. The number of hydrogen-bond donors (Lipinski definition) is 2. The van der Waals surface area contributed by atoms with E-state index in [1.54, 1.807) is 0 Å². The number of ether oxygens (including phenoxy) is 1. The Morgan fingerprint density at radius 3 is 2.70 bits per heavy atom. The predicted octanol–water partition coefficient (Wildman–Crippen LogP) is 2.65. The van der Waals surface area contributed by atoms with Crippen LogP contribution in [0.1, 0.15) is 57.7 Å². The van der Waals surface area contributed by atoms with Crippen LogP contribution < -0.4 is 10.6 Å². The van der Waals surface area contributed by atoms with E-state index in [1.807, 2.05) is 38.7 Å². The molecular weight excluding hydrogens is 292 g/mol. The highest BCUT2D eigenvalue weighted by Crippen LogP contribution is 2.20. The van der Waals surface area contributed by atoms with Crippen LogP contribution in [0.4, 0.5) is 4.79 Å². The van der Waals surface area contributed by atoms with Crippen LogP contribution in [0.5, 0.6) is 0 Å². The largest absolute Gasteiger partial charge is 0.444 e. The molecule has 23 heavy (non-hydrogen) atoms. The van der Waals surface area contributed by atoms with Crippen molar-refractivity contribution in [1.29, 1.82) is 0 Å². The second-order valence-electron chi connectivity index (χ2n) is 7.47. The highest BCUT2D eigenvalue weighted by molar-refractivity contribution is 5.68. The summed E-state index contributed by atoms with van der Waals surface area (Å²) in [5.41, 5.74) is 1.97. The normalized spacial score (nSPS) is 22.0. The molecule has 1 aliphatic rings. The van der Waals surface area contributed by atoms with Crippen LogP contribution >= 0.6 is 0 Å². The molecule has 0 spiro atoms. The van der Waals surface area contributed by atoms with Crippen LogP contribution in [0.25, 0.3) is 0 Å². The fraction of sp³-hybridized carbons (Fsp3) is 0.765. The maximum Gasteiger partial charge on any atom is 0.407 e. The first-order chi connectivity index (χ1) is 10.7. The van der Waals surface area contributed by atoms with Crippen molar-refractivity contribution in [3.05, 3.63) is 17.5 Å². The minimum atomic E-state index is -0.450. The molecule has 0 bridgehead atoms. The number of hydrogen-bond acceptors (Lipinski definition) is 4. The fourth-order valence-electron chi connectivity index (χ4n) is 2.95. The Balaban J connectivity index is 1.79. The van der Waals surface area contributed by atoms with E-state index in [0.717, 1.165) is 32.2 Å². The fourth-order valence-corrected chi connectivity index (χ4v) is 2.95. The van der Waals surface area contributed by atoms with Crippen LogP contribution in [0, 0.1) is 6.92 Å². The molecule has 0 unspecified atom stereocenters. The van der Waals surface area contributed by atoms with Crippen molar-refractivity contribution < 1.29 is 9.53 Å². The molecule has 1 heterocycles. The number of rotatable bonds is 4. The summed E-state index contributed by atoms with van der Waals surface area (Å²) in [4.78, 5) is 11.9. The van der Waals surface area contributed by atoms with Gasteiger partial charge in [0.2, 0.25) is 0 Å². The standard InChI is InChI=1S/C17H30N4O2/c1-12-13(11-19-21(12)5)10-18-14-7-6-8-15(9-14)20-16(22)23-17(2,3)4/h11,14-15,18H,6-10H2,1-5H3,(H,20,22)/t14-,15-/m1/s1. The average molecular weight is 322 g/mol. The highest BCUT2D eigenvalue weighted by atomic mass is 16.6. The van der Waals surface area contributed by atoms with E-state index in [4.69, 9.17) is 4.74 Å². The smallest absolute Gasteiger partial charge is 0.407 e. The second kappa shape index (κ2) is 7.34. The van der Waals surface area contributed by atoms with Gasteiger partial charge in [-0.05, 0) is 53.4 Å². The van der Waals surface area contributed by atoms with E-state index in [2.05, 4.69) is 22.7 Å². The van der Waals surface area contributed by atoms with Crippen LogP contribution in [0.2, 0.25) is 0 Å². The Morgan fingerprint density at radius 1 is 1.39 bits per heavy atom. The quantitative estimate of drug-likeness (QED) is 0.894. The molecule has 0 aromatic carbocycles. The lowest BCUT2D eigenvalue weighted by molar-refractivity contribution is 0.0488. The molecule has 6 heteroatoms. The lowest BCUT2D eigenvalue weighted by atomic mass is 9.91. The van der Waals surface area contributed by atoms with E-state index in [-0.39, 0.29) is 12.1 Å². The van der Waals surface area contributed by atoms with Crippen molar-refractivity contribution >= 4 is 6.09 Å². The molecule has 1 aromatic rings. The lowest BCUT2D eigenvalue weighted by Crippen LogP contribution is -2.45. The maximum absolute atomic E-state index is 11.9. The summed E-state index contributed by atoms with van der Waals surface area (Å²) >= 11 is 0. The lowest BCUT2D eigenvalue weighted by Gasteiger charge is -2.31. The van der Waals surface area contributed by atoms with E-state index in [9.17, 15) is 4.79 Å². The van der Waals surface area contributed by atoms with Crippen LogP contribution in [-0.2, 0) is 18.3 Å². The van der Waals surface area contributed by atoms with Crippen LogP contribution in [0.3, 0.4) is 0 Å². The Morgan fingerprint density at radius 2 is 2.09 bits per heavy atom. The van der Waals surface area contributed by atoms with Gasteiger partial charge in [-0.1, -0.05) is 0 Å². The van der Waals surface area contributed by atoms with Crippen LogP contribution in [-0.4, -0.2) is 33.6 Å². The summed E-state index contributed by atoms with van der Waals surface area (Å²) in [5, 5.41) is 10.9. The number of alkyl carbamates (subject to hydrolysis) is 1. The van der Waals surface area contributed by atoms with Crippen molar-refractivity contribution in [1.82, 2.24) is 20.4 Å². The van der Waals surface area contributed by atoms with Gasteiger partial charge in [0, 0.05) is 36.9 Å². The van der Waals surface area contributed by atoms with E-state index in [0.29, 0.717) is 6.04 Å². The summed E-state index contributed by atoms with van der Waals surface area (Å²) < 4.78 is 7.24. The Labute approximate surface area is 139 Å². The molecule has 1 aliphatic carbocycles. The Hall–Kier alpha value is -1.56. The number of amides is 1. The molecule has 0 saturated heterocycles. The average Bonchev–Trinajstić information content (AvgIpc) is 2.75. The molecule has 1 fully saturated rings. The summed E-state index contributed by atoms with van der Waals surface area (Å²) in [6, 6.07) is 0.606. The topological polar surface area (TPSA) is 68.2 Å². The molecule has 2 atom stereocenters. The molecule has 6 nitrogen and oxygen atoms in total. The van der Waals surface area contributed by atoms with E-state index in [1.165, 1.54) is 11.3 Å². The third-order valence-corrected chi connectivity index (χ3v) is 4.31. The van der Waals surface area contributed by atoms with Crippen molar-refractivity contribution in [2.45, 2.75) is 77.6 Å². The first kappa shape index (κ1) is 17.8. The first-order valence-electron chi connectivity index (χ1n) is 8.45. The van der Waals surface area contributed by atoms with Gasteiger partial charge in [0.1, 0.15) is 5.60 Å². The molecule has 1 amide bonds. The molecule has 130 valence electrons. The van der Waals surface area contributed by atoms with Gasteiger partial charge in [-0.3, -0.25) is 4.68 Å². The molecule has 0 radical (unpaired) electrons. The molecular formula is C17H30N4O2. The van der Waals surface area contributed by atoms with Crippen molar-refractivity contribution in [3.63, 3.8) is 0 Å². The minimum Gasteiger partial charge on any atom is -0.444 e. The summed E-state index contributed by atoms with van der Waals surface area (Å²) in [6.07, 6.45) is 5.82. The van der Waals surface area contributed by atoms with Gasteiger partial charge < -0.3 is 15.4 Å². The first-order valence-corrected chi connectivity index (χ1v) is 8.45. The number of nitrogens with zero attached hydrogens (tertiary/aromatic N) is 2. The Kier molecular flexibility index (Phi) is 5.68. The van der Waals surface area contributed by atoms with Crippen LogP contribution in [0.15, 0.2) is 6.20 Å². The van der Waals surface area contributed by atoms with Gasteiger partial charge in [-0.25, -0.2) is 4.79 Å². The number of aromatic nitrogens is 2. The van der Waals surface area contributed by atoms with Gasteiger partial charge in [0.05, 0.1) is 6.20 Å². The highest BCUT2D eigenvalue weighted by Gasteiger charge is 2.25. The number of carbonyl (C=O) groups excluding carboxylic acids is 1. The molecule has 2 rings (SSSR count). The van der Waals surface area contributed by atoms with Crippen molar-refractivity contribution in [2.75, 3.05) is 0 Å². The molecule has 0 aliphatic heterocycles. The molecule has 1 aromatic heterocycles. The Bertz CT molecular complexity index is 533. The second-order valence-corrected chi connectivity index (χ2v) is 7.47. The van der Waals surface area contributed by atoms with Crippen molar-refractivity contribution in [3.8, 4) is 0 Å². The van der Waals surface area contributed by atoms with Crippen molar-refractivity contribution in [2.24, 2.45) is 7.05 Å². The SMILES string of the molecule is Cc1c(CN[C@@H]2CCC[C@@H](NC(=O)OC(C)(C)C)C2)cnn1C. The van der Waals surface area contributed by atoms with Gasteiger partial charge in [0.15, 0.2) is 0 Å².